The Hall–Kier alpha value is -2.97. The zero-order valence-corrected chi connectivity index (χ0v) is 15.1. The van der Waals surface area contributed by atoms with Crippen LogP contribution in [0.2, 0.25) is 5.02 Å². The summed E-state index contributed by atoms with van der Waals surface area (Å²) in [5.74, 6) is 0.285. The van der Waals surface area contributed by atoms with Crippen molar-refractivity contribution in [1.82, 2.24) is 5.32 Å². The molecule has 0 radical (unpaired) electrons. The molecule has 2 rings (SSSR count). The minimum Gasteiger partial charge on any atom is -0.497 e. The number of carbonyl (C=O) groups is 1. The van der Waals surface area contributed by atoms with Gasteiger partial charge in [-0.25, -0.2) is 0 Å². The molecule has 0 spiro atoms. The van der Waals surface area contributed by atoms with Crippen molar-refractivity contribution in [2.24, 2.45) is 0 Å². The van der Waals surface area contributed by atoms with Crippen molar-refractivity contribution in [1.29, 1.82) is 0 Å². The minimum absolute atomic E-state index is 0.0186. The number of benzene rings is 2. The van der Waals surface area contributed by atoms with E-state index in [4.69, 9.17) is 28.6 Å². The number of non-ortho nitro benzene ring substituents is 1. The van der Waals surface area contributed by atoms with Crippen LogP contribution >= 0.6 is 23.8 Å². The summed E-state index contributed by atoms with van der Waals surface area (Å²) in [5, 5.41) is 16.0. The van der Waals surface area contributed by atoms with Crippen molar-refractivity contribution in [3.8, 4) is 5.75 Å². The number of rotatable bonds is 5. The van der Waals surface area contributed by atoms with E-state index in [-0.39, 0.29) is 15.8 Å². The van der Waals surface area contributed by atoms with E-state index >= 15 is 0 Å². The lowest BCUT2D eigenvalue weighted by Gasteiger charge is -2.09. The van der Waals surface area contributed by atoms with E-state index in [9.17, 15) is 14.9 Å². The summed E-state index contributed by atoms with van der Waals surface area (Å²) < 4.78 is 5.06. The van der Waals surface area contributed by atoms with E-state index in [1.165, 1.54) is 24.3 Å². The van der Waals surface area contributed by atoms with Gasteiger partial charge in [0.1, 0.15) is 5.75 Å². The number of amides is 1. The van der Waals surface area contributed by atoms with Crippen LogP contribution < -0.4 is 15.4 Å². The summed E-state index contributed by atoms with van der Waals surface area (Å²) >= 11 is 11.0. The van der Waals surface area contributed by atoms with E-state index in [1.54, 1.807) is 37.5 Å². The first-order valence-corrected chi connectivity index (χ1v) is 8.05. The van der Waals surface area contributed by atoms with Crippen molar-refractivity contribution < 1.29 is 14.5 Å². The Bertz CT molecular complexity index is 869. The second kappa shape index (κ2) is 8.93. The molecule has 1 amide bonds. The van der Waals surface area contributed by atoms with E-state index in [0.717, 1.165) is 11.3 Å². The molecule has 0 aliphatic heterocycles. The molecule has 2 aromatic rings. The van der Waals surface area contributed by atoms with Crippen molar-refractivity contribution >= 4 is 52.3 Å². The fourth-order valence-corrected chi connectivity index (χ4v) is 2.35. The number of halogens is 1. The van der Waals surface area contributed by atoms with Crippen molar-refractivity contribution in [3.63, 3.8) is 0 Å². The normalized spacial score (nSPS) is 10.4. The molecule has 0 aliphatic carbocycles. The SMILES string of the molecule is COc1ccc(/C=C/C(=O)NC(=S)Nc2ccc([N+](=O)[O-])cc2Cl)cc1. The maximum absolute atomic E-state index is 11.9. The Morgan fingerprint density at radius 1 is 1.27 bits per heavy atom. The van der Waals surface area contributed by atoms with Crippen LogP contribution in [-0.4, -0.2) is 23.1 Å². The summed E-state index contributed by atoms with van der Waals surface area (Å²) in [6, 6.07) is 11.0. The molecule has 0 saturated carbocycles. The second-order valence-corrected chi connectivity index (χ2v) is 5.79. The summed E-state index contributed by atoms with van der Waals surface area (Å²) in [5.41, 5.74) is 1.03. The Labute approximate surface area is 159 Å². The van der Waals surface area contributed by atoms with Gasteiger partial charge in [0, 0.05) is 18.2 Å². The number of methoxy groups -OCH3 is 1. The molecular weight excluding hydrogens is 378 g/mol. The number of anilines is 1. The van der Waals surface area contributed by atoms with E-state index < -0.39 is 10.8 Å². The lowest BCUT2D eigenvalue weighted by molar-refractivity contribution is -0.384. The third kappa shape index (κ3) is 5.54. The third-order valence-corrected chi connectivity index (χ3v) is 3.71. The van der Waals surface area contributed by atoms with E-state index in [1.807, 2.05) is 0 Å². The van der Waals surface area contributed by atoms with Crippen LogP contribution in [0.25, 0.3) is 6.08 Å². The van der Waals surface area contributed by atoms with Gasteiger partial charge in [-0.1, -0.05) is 23.7 Å². The number of ether oxygens (including phenoxy) is 1. The Morgan fingerprint density at radius 2 is 1.96 bits per heavy atom. The average molecular weight is 392 g/mol. The highest BCUT2D eigenvalue weighted by Crippen LogP contribution is 2.26. The molecule has 0 aromatic heterocycles. The topological polar surface area (TPSA) is 93.5 Å². The largest absolute Gasteiger partial charge is 0.497 e. The molecule has 26 heavy (non-hydrogen) atoms. The molecule has 0 aliphatic rings. The van der Waals surface area contributed by atoms with Crippen LogP contribution in [0.3, 0.4) is 0 Å². The molecule has 0 fully saturated rings. The maximum Gasteiger partial charge on any atom is 0.271 e. The number of nitro benzene ring substituents is 1. The van der Waals surface area contributed by atoms with Gasteiger partial charge in [0.15, 0.2) is 5.11 Å². The van der Waals surface area contributed by atoms with Gasteiger partial charge in [-0.05, 0) is 42.1 Å². The van der Waals surface area contributed by atoms with Gasteiger partial charge < -0.3 is 10.1 Å². The second-order valence-electron chi connectivity index (χ2n) is 4.97. The minimum atomic E-state index is -0.556. The molecule has 0 atom stereocenters. The third-order valence-electron chi connectivity index (χ3n) is 3.19. The average Bonchev–Trinajstić information content (AvgIpc) is 2.62. The predicted octanol–water partition coefficient (Wildman–Crippen LogP) is 3.78. The number of thiocarbonyl (C=S) groups is 1. The Balaban J connectivity index is 1.93. The molecule has 2 N–H and O–H groups in total. The number of hydrogen-bond donors (Lipinski definition) is 2. The van der Waals surface area contributed by atoms with Crippen molar-refractivity contribution in [2.45, 2.75) is 0 Å². The predicted molar refractivity (Wildman–Crippen MR) is 104 cm³/mol. The molecule has 134 valence electrons. The van der Waals surface area contributed by atoms with Gasteiger partial charge >= 0.3 is 0 Å². The van der Waals surface area contributed by atoms with Crippen molar-refractivity contribution in [3.05, 3.63) is 69.2 Å². The van der Waals surface area contributed by atoms with Crippen LogP contribution in [0.4, 0.5) is 11.4 Å². The van der Waals surface area contributed by atoms with Crippen LogP contribution in [0.5, 0.6) is 5.75 Å². The van der Waals surface area contributed by atoms with Gasteiger partial charge in [-0.15, -0.1) is 0 Å². The molecular formula is C17H14ClN3O4S. The quantitative estimate of drug-likeness (QED) is 0.348. The van der Waals surface area contributed by atoms with Crippen molar-refractivity contribution in [2.75, 3.05) is 12.4 Å². The van der Waals surface area contributed by atoms with Gasteiger partial charge in [0.2, 0.25) is 5.91 Å². The summed E-state index contributed by atoms with van der Waals surface area (Å²) in [6.45, 7) is 0. The van der Waals surface area contributed by atoms with Crippen LogP contribution in [0.1, 0.15) is 5.56 Å². The van der Waals surface area contributed by atoms with Crippen LogP contribution in [0, 0.1) is 10.1 Å². The number of nitrogens with zero attached hydrogens (tertiary/aromatic N) is 1. The molecule has 9 heteroatoms. The van der Waals surface area contributed by atoms with E-state index in [0.29, 0.717) is 5.69 Å². The first-order chi connectivity index (χ1) is 12.4. The Morgan fingerprint density at radius 3 is 2.54 bits per heavy atom. The van der Waals surface area contributed by atoms with Crippen LogP contribution in [0.15, 0.2) is 48.5 Å². The highest BCUT2D eigenvalue weighted by Gasteiger charge is 2.10. The smallest absolute Gasteiger partial charge is 0.271 e. The molecule has 0 bridgehead atoms. The summed E-state index contributed by atoms with van der Waals surface area (Å²) in [6.07, 6.45) is 2.95. The monoisotopic (exact) mass is 391 g/mol. The number of carbonyl (C=O) groups excluding carboxylic acids is 1. The standard InChI is InChI=1S/C17H14ClN3O4S/c1-25-13-6-2-11(3-7-13)4-9-16(22)20-17(26)19-15-8-5-12(21(23)24)10-14(15)18/h2-10H,1H3,(H2,19,20,22,26)/b9-4+. The zero-order chi connectivity index (χ0) is 19.1. The molecule has 0 saturated heterocycles. The van der Waals surface area contributed by atoms with E-state index in [2.05, 4.69) is 10.6 Å². The highest BCUT2D eigenvalue weighted by molar-refractivity contribution is 7.80. The maximum atomic E-state index is 11.9. The lowest BCUT2D eigenvalue weighted by Crippen LogP contribution is -2.32. The molecule has 7 nitrogen and oxygen atoms in total. The number of nitrogens with one attached hydrogen (secondary N) is 2. The lowest BCUT2D eigenvalue weighted by atomic mass is 10.2. The molecule has 2 aromatic carbocycles. The summed E-state index contributed by atoms with van der Waals surface area (Å²) in [7, 11) is 1.57. The van der Waals surface area contributed by atoms with Gasteiger partial charge in [0.25, 0.3) is 5.69 Å². The Kier molecular flexibility index (Phi) is 6.65. The number of nitro groups is 1. The molecule has 0 heterocycles. The number of hydrogen-bond acceptors (Lipinski definition) is 5. The van der Waals surface area contributed by atoms with Gasteiger partial charge in [-0.3, -0.25) is 20.2 Å². The fourth-order valence-electron chi connectivity index (χ4n) is 1.91. The first kappa shape index (κ1) is 19.4. The first-order valence-electron chi connectivity index (χ1n) is 7.27. The zero-order valence-electron chi connectivity index (χ0n) is 13.6. The molecule has 0 unspecified atom stereocenters. The van der Waals surface area contributed by atoms with Crippen LogP contribution in [-0.2, 0) is 4.79 Å². The fraction of sp³-hybridized carbons (Fsp3) is 0.0588. The highest BCUT2D eigenvalue weighted by atomic mass is 35.5. The van der Waals surface area contributed by atoms with Gasteiger partial charge in [-0.2, -0.15) is 0 Å². The van der Waals surface area contributed by atoms with Gasteiger partial charge in [0.05, 0.1) is 22.7 Å². The summed E-state index contributed by atoms with van der Waals surface area (Å²) in [4.78, 5) is 22.0.